The lowest BCUT2D eigenvalue weighted by molar-refractivity contribution is 0.219. The van der Waals surface area contributed by atoms with Gasteiger partial charge < -0.3 is 5.11 Å². The molecule has 0 fully saturated rings. The highest BCUT2D eigenvalue weighted by molar-refractivity contribution is 9.10. The third-order valence-corrected chi connectivity index (χ3v) is 3.58. The first-order valence-corrected chi connectivity index (χ1v) is 5.97. The first kappa shape index (κ1) is 11.4. The van der Waals surface area contributed by atoms with Gasteiger partial charge in [-0.05, 0) is 29.7 Å². The van der Waals surface area contributed by atoms with Crippen molar-refractivity contribution in [2.24, 2.45) is 0 Å². The van der Waals surface area contributed by atoms with Crippen molar-refractivity contribution >= 4 is 15.9 Å². The summed E-state index contributed by atoms with van der Waals surface area (Å²) in [5, 5.41) is 10.3. The van der Waals surface area contributed by atoms with E-state index in [1.165, 1.54) is 0 Å². The van der Waals surface area contributed by atoms with Gasteiger partial charge in [0, 0.05) is 4.47 Å². The number of aliphatic hydroxyl groups is 1. The van der Waals surface area contributed by atoms with E-state index in [1.54, 1.807) is 0 Å². The topological polar surface area (TPSA) is 20.2 Å². The lowest BCUT2D eigenvalue weighted by Gasteiger charge is -2.14. The maximum atomic E-state index is 10.3. The summed E-state index contributed by atoms with van der Waals surface area (Å²) < 4.78 is 1.03. The fraction of sp³-hybridized carbons (Fsp3) is 0.143. The zero-order valence-electron chi connectivity index (χ0n) is 9.02. The van der Waals surface area contributed by atoms with Gasteiger partial charge in [-0.1, -0.05) is 58.4 Å². The van der Waals surface area contributed by atoms with Crippen LogP contribution in [-0.4, -0.2) is 5.11 Å². The van der Waals surface area contributed by atoms with Gasteiger partial charge in [0.1, 0.15) is 6.10 Å². The molecule has 0 saturated heterocycles. The summed E-state index contributed by atoms with van der Waals surface area (Å²) in [6.07, 6.45) is -0.557. The van der Waals surface area contributed by atoms with Crippen molar-refractivity contribution in [1.82, 2.24) is 0 Å². The Bertz CT molecular complexity index is 479. The molecule has 1 nitrogen and oxygen atoms in total. The zero-order chi connectivity index (χ0) is 11.5. The van der Waals surface area contributed by atoms with E-state index in [0.717, 1.165) is 21.2 Å². The minimum atomic E-state index is -0.557. The lowest BCUT2D eigenvalue weighted by atomic mass is 9.98. The van der Waals surface area contributed by atoms with Crippen LogP contribution in [0.25, 0.3) is 0 Å². The molecule has 0 saturated carbocycles. The van der Waals surface area contributed by atoms with Gasteiger partial charge in [-0.15, -0.1) is 0 Å². The van der Waals surface area contributed by atoms with Crippen LogP contribution in [0.3, 0.4) is 0 Å². The van der Waals surface area contributed by atoms with Crippen molar-refractivity contribution in [2.75, 3.05) is 0 Å². The Balaban J connectivity index is 2.42. The fourth-order valence-corrected chi connectivity index (χ4v) is 2.12. The maximum Gasteiger partial charge on any atom is 0.104 e. The molecule has 1 N–H and O–H groups in total. The van der Waals surface area contributed by atoms with Crippen molar-refractivity contribution in [3.05, 3.63) is 69.7 Å². The fourth-order valence-electron chi connectivity index (χ4n) is 1.74. The summed E-state index contributed by atoms with van der Waals surface area (Å²) in [5.74, 6) is 0. The van der Waals surface area contributed by atoms with Gasteiger partial charge in [0.05, 0.1) is 0 Å². The number of hydrogen-bond acceptors (Lipinski definition) is 1. The second-order valence-corrected chi connectivity index (χ2v) is 4.62. The molecule has 0 spiro atoms. The molecule has 2 aromatic rings. The highest BCUT2D eigenvalue weighted by atomic mass is 79.9. The molecule has 16 heavy (non-hydrogen) atoms. The molecular weight excluding hydrogens is 264 g/mol. The van der Waals surface area contributed by atoms with Crippen molar-refractivity contribution in [2.45, 2.75) is 13.0 Å². The van der Waals surface area contributed by atoms with Crippen LogP contribution in [-0.2, 0) is 0 Å². The highest BCUT2D eigenvalue weighted by Crippen LogP contribution is 2.28. The van der Waals surface area contributed by atoms with Gasteiger partial charge in [-0.3, -0.25) is 0 Å². The number of hydrogen-bond donors (Lipinski definition) is 1. The van der Waals surface area contributed by atoms with E-state index in [0.29, 0.717) is 0 Å². The smallest absolute Gasteiger partial charge is 0.104 e. The second kappa shape index (κ2) is 4.81. The van der Waals surface area contributed by atoms with E-state index in [-0.39, 0.29) is 0 Å². The normalized spacial score (nSPS) is 12.4. The predicted molar refractivity (Wildman–Crippen MR) is 69.4 cm³/mol. The summed E-state index contributed by atoms with van der Waals surface area (Å²) in [4.78, 5) is 0. The SMILES string of the molecule is Cc1c(Br)cccc1C(O)c1ccccc1. The monoisotopic (exact) mass is 276 g/mol. The second-order valence-electron chi connectivity index (χ2n) is 3.77. The summed E-state index contributed by atoms with van der Waals surface area (Å²) in [7, 11) is 0. The first-order valence-electron chi connectivity index (χ1n) is 5.18. The van der Waals surface area contributed by atoms with Gasteiger partial charge in [0.25, 0.3) is 0 Å². The van der Waals surface area contributed by atoms with Crippen molar-refractivity contribution in [3.63, 3.8) is 0 Å². The molecule has 0 radical (unpaired) electrons. The highest BCUT2D eigenvalue weighted by Gasteiger charge is 2.13. The number of aliphatic hydroxyl groups excluding tert-OH is 1. The van der Waals surface area contributed by atoms with Crippen LogP contribution in [0.15, 0.2) is 53.0 Å². The van der Waals surface area contributed by atoms with E-state index in [4.69, 9.17) is 0 Å². The Morgan fingerprint density at radius 2 is 1.69 bits per heavy atom. The van der Waals surface area contributed by atoms with Crippen LogP contribution in [0.4, 0.5) is 0 Å². The van der Waals surface area contributed by atoms with E-state index in [2.05, 4.69) is 15.9 Å². The molecule has 2 aromatic carbocycles. The van der Waals surface area contributed by atoms with Gasteiger partial charge in [0.15, 0.2) is 0 Å². The Labute approximate surface area is 104 Å². The number of benzene rings is 2. The average Bonchev–Trinajstić information content (AvgIpc) is 2.33. The molecule has 0 aliphatic carbocycles. The van der Waals surface area contributed by atoms with Gasteiger partial charge >= 0.3 is 0 Å². The standard InChI is InChI=1S/C14H13BrO/c1-10-12(8-5-9-13(10)15)14(16)11-6-3-2-4-7-11/h2-9,14,16H,1H3. The third-order valence-electron chi connectivity index (χ3n) is 2.72. The predicted octanol–water partition coefficient (Wildman–Crippen LogP) is 3.84. The molecule has 1 atom stereocenters. The minimum Gasteiger partial charge on any atom is -0.384 e. The molecule has 0 bridgehead atoms. The van der Waals surface area contributed by atoms with Crippen LogP contribution in [0.1, 0.15) is 22.8 Å². The van der Waals surface area contributed by atoms with Crippen molar-refractivity contribution in [1.29, 1.82) is 0 Å². The maximum absolute atomic E-state index is 10.3. The molecule has 0 amide bonds. The van der Waals surface area contributed by atoms with Crippen LogP contribution in [0, 0.1) is 6.92 Å². The third kappa shape index (κ3) is 2.18. The molecule has 0 aliphatic heterocycles. The Kier molecular flexibility index (Phi) is 3.42. The summed E-state index contributed by atoms with van der Waals surface area (Å²) in [5.41, 5.74) is 2.95. The number of rotatable bonds is 2. The Hall–Kier alpha value is -1.12. The van der Waals surface area contributed by atoms with Crippen LogP contribution in [0.2, 0.25) is 0 Å². The van der Waals surface area contributed by atoms with Crippen molar-refractivity contribution in [3.8, 4) is 0 Å². The first-order chi connectivity index (χ1) is 7.70. The summed E-state index contributed by atoms with van der Waals surface area (Å²) >= 11 is 3.48. The molecule has 0 aliphatic rings. The van der Waals surface area contributed by atoms with Crippen molar-refractivity contribution < 1.29 is 5.11 Å². The summed E-state index contributed by atoms with van der Waals surface area (Å²) in [6.45, 7) is 2.01. The van der Waals surface area contributed by atoms with Crippen LogP contribution in [0.5, 0.6) is 0 Å². The summed E-state index contributed by atoms with van der Waals surface area (Å²) in [6, 6.07) is 15.6. The minimum absolute atomic E-state index is 0.557. The van der Waals surface area contributed by atoms with E-state index in [9.17, 15) is 5.11 Å². The molecule has 1 unspecified atom stereocenters. The molecule has 82 valence electrons. The Morgan fingerprint density at radius 3 is 2.38 bits per heavy atom. The largest absolute Gasteiger partial charge is 0.384 e. The molecule has 0 aromatic heterocycles. The van der Waals surface area contributed by atoms with E-state index < -0.39 is 6.10 Å². The van der Waals surface area contributed by atoms with E-state index in [1.807, 2.05) is 55.5 Å². The molecule has 2 heteroatoms. The van der Waals surface area contributed by atoms with Crippen LogP contribution < -0.4 is 0 Å². The number of halogens is 1. The molecular formula is C14H13BrO. The Morgan fingerprint density at radius 1 is 1.00 bits per heavy atom. The van der Waals surface area contributed by atoms with Gasteiger partial charge in [-0.25, -0.2) is 0 Å². The lowest BCUT2D eigenvalue weighted by Crippen LogP contribution is -2.01. The average molecular weight is 277 g/mol. The molecule has 2 rings (SSSR count). The quantitative estimate of drug-likeness (QED) is 0.884. The van der Waals surface area contributed by atoms with Crippen LogP contribution >= 0.6 is 15.9 Å². The van der Waals surface area contributed by atoms with Gasteiger partial charge in [-0.2, -0.15) is 0 Å². The van der Waals surface area contributed by atoms with Gasteiger partial charge in [0.2, 0.25) is 0 Å². The van der Waals surface area contributed by atoms with E-state index >= 15 is 0 Å². The molecule has 0 heterocycles. The zero-order valence-corrected chi connectivity index (χ0v) is 10.6.